The van der Waals surface area contributed by atoms with Gasteiger partial charge in [-0.3, -0.25) is 0 Å². The minimum Gasteiger partial charge on any atom is -0.508 e. The zero-order valence-corrected chi connectivity index (χ0v) is 17.0. The van der Waals surface area contributed by atoms with Gasteiger partial charge in [-0.2, -0.15) is 0 Å². The molecule has 0 aromatic heterocycles. The fourth-order valence-corrected chi connectivity index (χ4v) is 4.83. The number of carbonyl (C=O) groups excluding carboxylic acids is 1. The highest BCUT2D eigenvalue weighted by Gasteiger charge is 2.56. The van der Waals surface area contributed by atoms with E-state index in [0.29, 0.717) is 22.3 Å². The lowest BCUT2D eigenvalue weighted by molar-refractivity contribution is 0.0224. The van der Waals surface area contributed by atoms with Gasteiger partial charge in [-0.05, 0) is 36.8 Å². The number of esters is 1. The monoisotopic (exact) mass is 448 g/mol. The Hall–Kier alpha value is -2.60. The molecule has 3 aromatic carbocycles. The van der Waals surface area contributed by atoms with Crippen LogP contribution in [0.25, 0.3) is 0 Å². The Morgan fingerprint density at radius 2 is 1.41 bits per heavy atom. The summed E-state index contributed by atoms with van der Waals surface area (Å²) in [6.07, 6.45) is 0. The number of hydrogen-bond donors (Lipinski definition) is 2. The van der Waals surface area contributed by atoms with Crippen molar-refractivity contribution in [2.75, 3.05) is 0 Å². The van der Waals surface area contributed by atoms with Gasteiger partial charge in [-0.25, -0.2) is 4.79 Å². The van der Waals surface area contributed by atoms with E-state index >= 15 is 0 Å². The van der Waals surface area contributed by atoms with E-state index in [9.17, 15) is 15.0 Å². The van der Waals surface area contributed by atoms with Gasteiger partial charge in [0.05, 0.1) is 20.6 Å². The Balaban J connectivity index is 1.98. The fourth-order valence-electron chi connectivity index (χ4n) is 3.96. The molecule has 8 heteroatoms. The molecule has 5 rings (SSSR count). The van der Waals surface area contributed by atoms with Crippen molar-refractivity contribution in [3.8, 4) is 23.0 Å². The first-order chi connectivity index (χ1) is 13.8. The lowest BCUT2D eigenvalue weighted by Gasteiger charge is -2.37. The van der Waals surface area contributed by atoms with Gasteiger partial charge in [0.1, 0.15) is 23.0 Å². The second kappa shape index (κ2) is 5.95. The molecule has 29 heavy (non-hydrogen) atoms. The first kappa shape index (κ1) is 18.4. The van der Waals surface area contributed by atoms with Gasteiger partial charge in [-0.1, -0.05) is 34.8 Å². The SMILES string of the molecule is Cc1c(Cl)c(Cl)c2c(c1Cl)C1(OC2=O)c2ccc(O)cc2Oc2cc(O)ccc21. The predicted octanol–water partition coefficient (Wildman–Crippen LogP) is 5.93. The molecule has 5 nitrogen and oxygen atoms in total. The van der Waals surface area contributed by atoms with Crippen molar-refractivity contribution in [3.05, 3.63) is 79.3 Å². The summed E-state index contributed by atoms with van der Waals surface area (Å²) >= 11 is 19.4. The number of carbonyl (C=O) groups is 1. The maximum Gasteiger partial charge on any atom is 0.341 e. The minimum absolute atomic E-state index is 0.0385. The molecule has 0 atom stereocenters. The van der Waals surface area contributed by atoms with Crippen LogP contribution in [-0.2, 0) is 10.3 Å². The Bertz CT molecular complexity index is 1200. The van der Waals surface area contributed by atoms with Crippen molar-refractivity contribution in [3.63, 3.8) is 0 Å². The van der Waals surface area contributed by atoms with Crippen LogP contribution in [0.4, 0.5) is 0 Å². The van der Waals surface area contributed by atoms with Crippen molar-refractivity contribution in [1.29, 1.82) is 0 Å². The van der Waals surface area contributed by atoms with Gasteiger partial charge in [0, 0.05) is 28.8 Å². The van der Waals surface area contributed by atoms with Gasteiger partial charge in [-0.15, -0.1) is 0 Å². The maximum absolute atomic E-state index is 13.0. The number of aromatic hydroxyl groups is 2. The molecule has 0 amide bonds. The van der Waals surface area contributed by atoms with Crippen LogP contribution >= 0.6 is 34.8 Å². The molecular weight excluding hydrogens is 439 g/mol. The smallest absolute Gasteiger partial charge is 0.341 e. The van der Waals surface area contributed by atoms with Crippen LogP contribution in [0.3, 0.4) is 0 Å². The van der Waals surface area contributed by atoms with Crippen molar-refractivity contribution in [1.82, 2.24) is 0 Å². The lowest BCUT2D eigenvalue weighted by atomic mass is 9.77. The molecule has 0 aliphatic carbocycles. The number of phenolic OH excluding ortho intramolecular Hbond substituents is 2. The molecule has 0 saturated heterocycles. The number of phenols is 2. The first-order valence-electron chi connectivity index (χ1n) is 8.51. The number of halogens is 3. The van der Waals surface area contributed by atoms with E-state index in [2.05, 4.69) is 0 Å². The van der Waals surface area contributed by atoms with E-state index in [4.69, 9.17) is 44.3 Å². The molecule has 2 aliphatic heterocycles. The number of fused-ring (bicyclic) bond motifs is 6. The highest BCUT2D eigenvalue weighted by molar-refractivity contribution is 6.46. The van der Waals surface area contributed by atoms with E-state index in [1.54, 1.807) is 19.1 Å². The molecular formula is C21H11Cl3O5. The summed E-state index contributed by atoms with van der Waals surface area (Å²) in [5.74, 6) is -0.257. The molecule has 0 saturated carbocycles. The Labute approximate surface area is 180 Å². The van der Waals surface area contributed by atoms with E-state index in [0.717, 1.165) is 0 Å². The predicted molar refractivity (Wildman–Crippen MR) is 108 cm³/mol. The van der Waals surface area contributed by atoms with E-state index in [1.165, 1.54) is 24.3 Å². The lowest BCUT2D eigenvalue weighted by Crippen LogP contribution is -2.33. The number of hydrogen-bond acceptors (Lipinski definition) is 5. The van der Waals surface area contributed by atoms with Crippen LogP contribution < -0.4 is 4.74 Å². The third-order valence-corrected chi connectivity index (χ3v) is 6.67. The van der Waals surface area contributed by atoms with Crippen LogP contribution in [0.2, 0.25) is 15.1 Å². The van der Waals surface area contributed by atoms with Crippen LogP contribution in [0.15, 0.2) is 36.4 Å². The first-order valence-corrected chi connectivity index (χ1v) is 9.64. The van der Waals surface area contributed by atoms with Crippen molar-refractivity contribution in [2.45, 2.75) is 12.5 Å². The fraction of sp³-hybridized carbons (Fsp3) is 0.0952. The topological polar surface area (TPSA) is 76.0 Å². The molecule has 2 heterocycles. The summed E-state index contributed by atoms with van der Waals surface area (Å²) in [4.78, 5) is 13.0. The van der Waals surface area contributed by atoms with E-state index in [-0.39, 0.29) is 43.6 Å². The van der Waals surface area contributed by atoms with Gasteiger partial charge in [0.2, 0.25) is 0 Å². The van der Waals surface area contributed by atoms with Gasteiger partial charge in [0.15, 0.2) is 5.60 Å². The normalized spacial score (nSPS) is 15.4. The molecule has 2 aliphatic rings. The summed E-state index contributed by atoms with van der Waals surface area (Å²) in [5.41, 5.74) is 0.361. The molecule has 2 N–H and O–H groups in total. The average molecular weight is 450 g/mol. The van der Waals surface area contributed by atoms with Gasteiger partial charge >= 0.3 is 5.97 Å². The third kappa shape index (κ3) is 2.26. The van der Waals surface area contributed by atoms with Crippen molar-refractivity contribution < 1.29 is 24.5 Å². The Morgan fingerprint density at radius 1 is 0.862 bits per heavy atom. The Morgan fingerprint density at radius 3 is 1.97 bits per heavy atom. The van der Waals surface area contributed by atoms with Crippen LogP contribution in [0, 0.1) is 6.92 Å². The summed E-state index contributed by atoms with van der Waals surface area (Å²) < 4.78 is 11.8. The highest BCUT2D eigenvalue weighted by Crippen LogP contribution is 2.60. The summed E-state index contributed by atoms with van der Waals surface area (Å²) in [7, 11) is 0. The second-order valence-electron chi connectivity index (χ2n) is 6.85. The summed E-state index contributed by atoms with van der Waals surface area (Å²) in [6.45, 7) is 1.70. The van der Waals surface area contributed by atoms with Crippen molar-refractivity contribution in [2.24, 2.45) is 0 Å². The van der Waals surface area contributed by atoms with Crippen LogP contribution in [0.1, 0.15) is 32.6 Å². The molecule has 1 spiro atoms. The minimum atomic E-state index is -1.48. The highest BCUT2D eigenvalue weighted by atomic mass is 35.5. The third-order valence-electron chi connectivity index (χ3n) is 5.25. The van der Waals surface area contributed by atoms with Crippen LogP contribution in [-0.4, -0.2) is 16.2 Å². The quantitative estimate of drug-likeness (QED) is 0.328. The molecule has 0 bridgehead atoms. The molecule has 146 valence electrons. The standard InChI is InChI=1S/C21H11Cl3O5/c1-8-17(22)16-15(19(24)18(8)23)20(27)29-21(16)11-4-2-9(25)6-13(11)28-14-7-10(26)3-5-12(14)21/h2-7,25-26H,1H3. The zero-order chi connectivity index (χ0) is 20.7. The zero-order valence-electron chi connectivity index (χ0n) is 14.7. The molecule has 0 unspecified atom stereocenters. The Kier molecular flexibility index (Phi) is 3.78. The molecule has 3 aromatic rings. The van der Waals surface area contributed by atoms with Gasteiger partial charge in [0.25, 0.3) is 0 Å². The maximum atomic E-state index is 13.0. The number of ether oxygens (including phenoxy) is 2. The molecule has 0 fully saturated rings. The summed E-state index contributed by atoms with van der Waals surface area (Å²) in [6, 6.07) is 8.90. The van der Waals surface area contributed by atoms with Crippen LogP contribution in [0.5, 0.6) is 23.0 Å². The molecule has 0 radical (unpaired) electrons. The average Bonchev–Trinajstić information content (AvgIpc) is 2.97. The largest absolute Gasteiger partial charge is 0.508 e. The van der Waals surface area contributed by atoms with E-state index < -0.39 is 11.6 Å². The van der Waals surface area contributed by atoms with Crippen molar-refractivity contribution >= 4 is 40.8 Å². The second-order valence-corrected chi connectivity index (χ2v) is 7.98. The number of rotatable bonds is 0. The number of benzene rings is 3. The van der Waals surface area contributed by atoms with E-state index in [1.807, 2.05) is 0 Å². The summed E-state index contributed by atoms with van der Waals surface area (Å²) in [5, 5.41) is 20.4. The van der Waals surface area contributed by atoms with Gasteiger partial charge < -0.3 is 19.7 Å².